The summed E-state index contributed by atoms with van der Waals surface area (Å²) in [5.41, 5.74) is 5.92. The SMILES string of the molecule is CN(C)Cc1ccc(-c2ccc(S(=O)(=O)N3CC=C(C(=O)NOC4CCCCO4)C3)cc2)cc1. The molecule has 1 fully saturated rings. The van der Waals surface area contributed by atoms with Gasteiger partial charge in [0, 0.05) is 38.2 Å². The zero-order valence-corrected chi connectivity index (χ0v) is 20.4. The lowest BCUT2D eigenvalue weighted by Crippen LogP contribution is -2.36. The molecule has 0 bridgehead atoms. The van der Waals surface area contributed by atoms with Crippen molar-refractivity contribution < 1.29 is 22.8 Å². The molecule has 1 N–H and O–H groups in total. The van der Waals surface area contributed by atoms with Gasteiger partial charge in [0.15, 0.2) is 6.29 Å². The highest BCUT2D eigenvalue weighted by molar-refractivity contribution is 7.89. The molecule has 1 atom stereocenters. The third-order valence-electron chi connectivity index (χ3n) is 5.88. The van der Waals surface area contributed by atoms with Crippen LogP contribution in [0.4, 0.5) is 0 Å². The highest BCUT2D eigenvalue weighted by Crippen LogP contribution is 2.25. The van der Waals surface area contributed by atoms with Gasteiger partial charge in [-0.3, -0.25) is 4.79 Å². The standard InChI is InChI=1S/C25H31N3O5S/c1-27(2)17-19-6-8-20(9-7-19)21-10-12-23(13-11-21)34(30,31)28-15-14-22(18-28)25(29)26-33-24-5-3-4-16-32-24/h6-14,24H,3-5,15-18H2,1-2H3,(H,26,29). The van der Waals surface area contributed by atoms with Crippen LogP contribution in [0.3, 0.4) is 0 Å². The summed E-state index contributed by atoms with van der Waals surface area (Å²) >= 11 is 0. The molecular weight excluding hydrogens is 454 g/mol. The van der Waals surface area contributed by atoms with Gasteiger partial charge in [0.05, 0.1) is 4.90 Å². The van der Waals surface area contributed by atoms with Crippen LogP contribution in [0.25, 0.3) is 11.1 Å². The van der Waals surface area contributed by atoms with Crippen LogP contribution in [0.1, 0.15) is 24.8 Å². The van der Waals surface area contributed by atoms with Gasteiger partial charge in [-0.15, -0.1) is 0 Å². The maximum atomic E-state index is 13.1. The van der Waals surface area contributed by atoms with Crippen molar-refractivity contribution in [1.82, 2.24) is 14.7 Å². The molecule has 1 saturated heterocycles. The summed E-state index contributed by atoms with van der Waals surface area (Å²) < 4.78 is 32.9. The molecule has 0 aliphatic carbocycles. The summed E-state index contributed by atoms with van der Waals surface area (Å²) in [4.78, 5) is 20.0. The van der Waals surface area contributed by atoms with Crippen molar-refractivity contribution in [2.24, 2.45) is 0 Å². The number of sulfonamides is 1. The van der Waals surface area contributed by atoms with E-state index in [4.69, 9.17) is 9.57 Å². The first-order valence-corrected chi connectivity index (χ1v) is 12.9. The molecule has 0 radical (unpaired) electrons. The topological polar surface area (TPSA) is 88.2 Å². The highest BCUT2D eigenvalue weighted by atomic mass is 32.2. The molecule has 2 aliphatic rings. The second kappa shape index (κ2) is 10.8. The first-order chi connectivity index (χ1) is 16.3. The number of nitrogens with one attached hydrogen (secondary N) is 1. The van der Waals surface area contributed by atoms with E-state index >= 15 is 0 Å². The van der Waals surface area contributed by atoms with Crippen molar-refractivity contribution in [3.63, 3.8) is 0 Å². The van der Waals surface area contributed by atoms with Gasteiger partial charge >= 0.3 is 0 Å². The number of benzene rings is 2. The number of amides is 1. The van der Waals surface area contributed by atoms with Gasteiger partial charge in [-0.25, -0.2) is 18.7 Å². The summed E-state index contributed by atoms with van der Waals surface area (Å²) in [6.07, 6.45) is 3.84. The van der Waals surface area contributed by atoms with E-state index in [0.717, 1.165) is 36.9 Å². The minimum Gasteiger partial charge on any atom is -0.350 e. The molecular formula is C25H31N3O5S. The number of ether oxygens (including phenoxy) is 1. The summed E-state index contributed by atoms with van der Waals surface area (Å²) in [5.74, 6) is -0.445. The van der Waals surface area contributed by atoms with E-state index in [9.17, 15) is 13.2 Å². The predicted octanol–water partition coefficient (Wildman–Crippen LogP) is 2.92. The van der Waals surface area contributed by atoms with Crippen molar-refractivity contribution in [3.05, 3.63) is 65.7 Å². The van der Waals surface area contributed by atoms with Crippen molar-refractivity contribution in [2.75, 3.05) is 33.8 Å². The van der Waals surface area contributed by atoms with Gasteiger partial charge in [-0.05, 0) is 55.8 Å². The number of carbonyl (C=O) groups excluding carboxylic acids is 1. The Morgan fingerprint density at radius 2 is 1.76 bits per heavy atom. The lowest BCUT2D eigenvalue weighted by molar-refractivity contribution is -0.198. The average molecular weight is 486 g/mol. The van der Waals surface area contributed by atoms with Crippen LogP contribution in [-0.2, 0) is 30.9 Å². The zero-order chi connectivity index (χ0) is 24.1. The summed E-state index contributed by atoms with van der Waals surface area (Å²) in [6, 6.07) is 15.1. The summed E-state index contributed by atoms with van der Waals surface area (Å²) in [7, 11) is 0.323. The van der Waals surface area contributed by atoms with E-state index in [2.05, 4.69) is 22.5 Å². The van der Waals surface area contributed by atoms with E-state index in [0.29, 0.717) is 12.2 Å². The van der Waals surface area contributed by atoms with Crippen molar-refractivity contribution in [3.8, 4) is 11.1 Å². The lowest BCUT2D eigenvalue weighted by Gasteiger charge is -2.22. The van der Waals surface area contributed by atoms with Crippen LogP contribution >= 0.6 is 0 Å². The Morgan fingerprint density at radius 1 is 1.09 bits per heavy atom. The minimum absolute atomic E-state index is 0.00185. The van der Waals surface area contributed by atoms with Gasteiger partial charge in [-0.2, -0.15) is 4.31 Å². The van der Waals surface area contributed by atoms with Crippen molar-refractivity contribution >= 4 is 15.9 Å². The molecule has 182 valence electrons. The number of hydrogen-bond donors (Lipinski definition) is 1. The Hall–Kier alpha value is -2.56. The van der Waals surface area contributed by atoms with Crippen LogP contribution in [0.2, 0.25) is 0 Å². The lowest BCUT2D eigenvalue weighted by atomic mass is 10.0. The normalized spacial score (nSPS) is 19.3. The monoisotopic (exact) mass is 485 g/mol. The molecule has 1 unspecified atom stereocenters. The van der Waals surface area contributed by atoms with Gasteiger partial charge < -0.3 is 9.64 Å². The van der Waals surface area contributed by atoms with Crippen LogP contribution in [0, 0.1) is 0 Å². The molecule has 0 spiro atoms. The van der Waals surface area contributed by atoms with Gasteiger partial charge in [0.25, 0.3) is 5.91 Å². The fraction of sp³-hybridized carbons (Fsp3) is 0.400. The Balaban J connectivity index is 1.35. The summed E-state index contributed by atoms with van der Waals surface area (Å²) in [6.45, 7) is 1.61. The quantitative estimate of drug-likeness (QED) is 0.579. The molecule has 0 saturated carbocycles. The molecule has 2 aromatic rings. The first kappa shape index (κ1) is 24.6. The second-order valence-corrected chi connectivity index (χ2v) is 10.8. The Morgan fingerprint density at radius 3 is 2.38 bits per heavy atom. The number of hydroxylamine groups is 1. The first-order valence-electron chi connectivity index (χ1n) is 11.4. The maximum absolute atomic E-state index is 13.1. The van der Waals surface area contributed by atoms with Gasteiger partial charge in [0.1, 0.15) is 0 Å². The van der Waals surface area contributed by atoms with Crippen molar-refractivity contribution in [1.29, 1.82) is 0 Å². The molecule has 2 heterocycles. The van der Waals surface area contributed by atoms with Crippen molar-refractivity contribution in [2.45, 2.75) is 37.0 Å². The average Bonchev–Trinajstić information content (AvgIpc) is 3.35. The molecule has 4 rings (SSSR count). The van der Waals surface area contributed by atoms with E-state index in [1.165, 1.54) is 9.87 Å². The van der Waals surface area contributed by atoms with Crippen LogP contribution in [0.15, 0.2) is 65.1 Å². The van der Waals surface area contributed by atoms with Crippen LogP contribution in [-0.4, -0.2) is 63.6 Å². The number of nitrogens with zero attached hydrogens (tertiary/aromatic N) is 2. The highest BCUT2D eigenvalue weighted by Gasteiger charge is 2.31. The fourth-order valence-corrected chi connectivity index (χ4v) is 5.36. The smallest absolute Gasteiger partial charge is 0.271 e. The Kier molecular flexibility index (Phi) is 7.80. The van der Waals surface area contributed by atoms with E-state index in [1.807, 2.05) is 38.4 Å². The second-order valence-electron chi connectivity index (χ2n) is 8.83. The summed E-state index contributed by atoms with van der Waals surface area (Å²) in [5, 5.41) is 0. The molecule has 9 heteroatoms. The molecule has 2 aliphatic heterocycles. The van der Waals surface area contributed by atoms with Gasteiger partial charge in [0.2, 0.25) is 10.0 Å². The minimum atomic E-state index is -3.73. The van der Waals surface area contributed by atoms with E-state index < -0.39 is 22.2 Å². The van der Waals surface area contributed by atoms with Crippen LogP contribution in [0.5, 0.6) is 0 Å². The van der Waals surface area contributed by atoms with Gasteiger partial charge in [-0.1, -0.05) is 42.5 Å². The Bertz CT molecular complexity index is 1120. The van der Waals surface area contributed by atoms with E-state index in [-0.39, 0.29) is 18.0 Å². The number of rotatable bonds is 8. The number of carbonyl (C=O) groups is 1. The molecule has 1 amide bonds. The fourth-order valence-electron chi connectivity index (χ4n) is 4.00. The maximum Gasteiger partial charge on any atom is 0.271 e. The molecule has 0 aromatic heterocycles. The molecule has 34 heavy (non-hydrogen) atoms. The molecule has 8 nitrogen and oxygen atoms in total. The zero-order valence-electron chi connectivity index (χ0n) is 19.6. The Labute approximate surface area is 201 Å². The number of hydrogen-bond acceptors (Lipinski definition) is 6. The third-order valence-corrected chi connectivity index (χ3v) is 7.70. The largest absolute Gasteiger partial charge is 0.350 e. The predicted molar refractivity (Wildman–Crippen MR) is 129 cm³/mol. The molecule has 2 aromatic carbocycles. The van der Waals surface area contributed by atoms with E-state index in [1.54, 1.807) is 18.2 Å². The third kappa shape index (κ3) is 5.92. The van der Waals surface area contributed by atoms with Crippen LogP contribution < -0.4 is 5.48 Å².